The Morgan fingerprint density at radius 3 is 2.50 bits per heavy atom. The summed E-state index contributed by atoms with van der Waals surface area (Å²) >= 11 is 24.1. The summed E-state index contributed by atoms with van der Waals surface area (Å²) in [5, 5.41) is 4.11. The number of oxazole rings is 1. The molecule has 0 fully saturated rings. The molecule has 0 bridgehead atoms. The lowest BCUT2D eigenvalue weighted by atomic mass is 10.2. The molecule has 152 valence electrons. The van der Waals surface area contributed by atoms with Gasteiger partial charge in [-0.3, -0.25) is 4.79 Å². The molecule has 1 amide bonds. The predicted octanol–water partition coefficient (Wildman–Crippen LogP) is 7.13. The third-order valence-electron chi connectivity index (χ3n) is 4.11. The number of carbonyl (C=O) groups excluding carboxylic acids is 1. The van der Waals surface area contributed by atoms with Crippen molar-refractivity contribution in [3.8, 4) is 17.2 Å². The van der Waals surface area contributed by atoms with Crippen LogP contribution in [0.2, 0.25) is 20.1 Å². The first-order valence-corrected chi connectivity index (χ1v) is 10.1. The molecular formula is C21H12Cl4N2O3. The minimum Gasteiger partial charge on any atom is -0.482 e. The van der Waals surface area contributed by atoms with Crippen LogP contribution in [0.5, 0.6) is 5.75 Å². The van der Waals surface area contributed by atoms with Gasteiger partial charge in [0.2, 0.25) is 5.89 Å². The van der Waals surface area contributed by atoms with E-state index in [4.69, 9.17) is 55.6 Å². The predicted molar refractivity (Wildman–Crippen MR) is 120 cm³/mol. The highest BCUT2D eigenvalue weighted by atomic mass is 35.5. The average Bonchev–Trinajstić information content (AvgIpc) is 3.13. The number of hydrogen-bond donors (Lipinski definition) is 1. The number of nitrogens with zero attached hydrogens (tertiary/aromatic N) is 1. The van der Waals surface area contributed by atoms with Crippen molar-refractivity contribution >= 4 is 69.1 Å². The summed E-state index contributed by atoms with van der Waals surface area (Å²) in [7, 11) is 0. The molecule has 30 heavy (non-hydrogen) atoms. The quantitative estimate of drug-likeness (QED) is 0.308. The maximum absolute atomic E-state index is 12.3. The maximum atomic E-state index is 12.3. The molecule has 0 saturated heterocycles. The maximum Gasteiger partial charge on any atom is 0.262 e. The molecule has 1 aromatic heterocycles. The van der Waals surface area contributed by atoms with Crippen molar-refractivity contribution in [2.75, 3.05) is 11.9 Å². The Morgan fingerprint density at radius 2 is 1.70 bits per heavy atom. The van der Waals surface area contributed by atoms with Crippen molar-refractivity contribution < 1.29 is 13.9 Å². The summed E-state index contributed by atoms with van der Waals surface area (Å²) < 4.78 is 11.2. The van der Waals surface area contributed by atoms with Gasteiger partial charge in [-0.25, -0.2) is 4.98 Å². The van der Waals surface area contributed by atoms with Crippen LogP contribution in [0.25, 0.3) is 22.6 Å². The zero-order valence-electron chi connectivity index (χ0n) is 15.1. The van der Waals surface area contributed by atoms with E-state index in [-0.39, 0.29) is 28.3 Å². The summed E-state index contributed by atoms with van der Waals surface area (Å²) in [6.07, 6.45) is 0. The van der Waals surface area contributed by atoms with E-state index in [0.717, 1.165) is 0 Å². The zero-order valence-corrected chi connectivity index (χ0v) is 18.1. The van der Waals surface area contributed by atoms with Gasteiger partial charge in [-0.1, -0.05) is 58.5 Å². The summed E-state index contributed by atoms with van der Waals surface area (Å²) in [5.74, 6) is 0.278. The lowest BCUT2D eigenvalue weighted by Crippen LogP contribution is -2.20. The topological polar surface area (TPSA) is 64.4 Å². The SMILES string of the molecule is O=C(COc1cc(Cl)c(Cl)cc1Cl)Nc1ccc2oc(-c3ccccc3Cl)nc2c1. The highest BCUT2D eigenvalue weighted by Crippen LogP contribution is 2.34. The van der Waals surface area contributed by atoms with Crippen LogP contribution in [0, 0.1) is 0 Å². The monoisotopic (exact) mass is 480 g/mol. The van der Waals surface area contributed by atoms with E-state index in [1.54, 1.807) is 24.3 Å². The third-order valence-corrected chi connectivity index (χ3v) is 5.46. The number of aromatic nitrogens is 1. The zero-order chi connectivity index (χ0) is 21.3. The fraction of sp³-hybridized carbons (Fsp3) is 0.0476. The molecule has 0 atom stereocenters. The Labute approximate surface area is 191 Å². The number of fused-ring (bicyclic) bond motifs is 1. The summed E-state index contributed by atoms with van der Waals surface area (Å²) in [6, 6.07) is 15.3. The summed E-state index contributed by atoms with van der Waals surface area (Å²) in [6.45, 7) is -0.264. The fourth-order valence-electron chi connectivity index (χ4n) is 2.71. The molecule has 0 aliphatic rings. The molecule has 5 nitrogen and oxygen atoms in total. The molecule has 0 radical (unpaired) electrons. The first-order valence-electron chi connectivity index (χ1n) is 8.63. The van der Waals surface area contributed by atoms with Gasteiger partial charge < -0.3 is 14.5 Å². The lowest BCUT2D eigenvalue weighted by molar-refractivity contribution is -0.118. The number of halogens is 4. The second-order valence-electron chi connectivity index (χ2n) is 6.21. The number of anilines is 1. The fourth-order valence-corrected chi connectivity index (χ4v) is 3.52. The van der Waals surface area contributed by atoms with Crippen molar-refractivity contribution in [1.29, 1.82) is 0 Å². The molecular weight excluding hydrogens is 470 g/mol. The first-order chi connectivity index (χ1) is 14.4. The molecule has 1 N–H and O–H groups in total. The van der Waals surface area contributed by atoms with Gasteiger partial charge in [0.05, 0.1) is 25.7 Å². The van der Waals surface area contributed by atoms with Crippen molar-refractivity contribution in [3.63, 3.8) is 0 Å². The first kappa shape index (κ1) is 20.8. The number of rotatable bonds is 5. The number of hydrogen-bond acceptors (Lipinski definition) is 4. The Balaban J connectivity index is 1.47. The highest BCUT2D eigenvalue weighted by Gasteiger charge is 2.13. The van der Waals surface area contributed by atoms with Crippen LogP contribution >= 0.6 is 46.4 Å². The molecule has 3 aromatic carbocycles. The minimum atomic E-state index is -0.383. The Hall–Kier alpha value is -2.44. The van der Waals surface area contributed by atoms with E-state index in [0.29, 0.717) is 38.3 Å². The van der Waals surface area contributed by atoms with Gasteiger partial charge in [-0.2, -0.15) is 0 Å². The van der Waals surface area contributed by atoms with Crippen LogP contribution in [0.1, 0.15) is 0 Å². The number of carbonyl (C=O) groups is 1. The van der Waals surface area contributed by atoms with Crippen LogP contribution in [0.3, 0.4) is 0 Å². The molecule has 9 heteroatoms. The van der Waals surface area contributed by atoms with Crippen molar-refractivity contribution in [2.45, 2.75) is 0 Å². The largest absolute Gasteiger partial charge is 0.482 e. The van der Waals surface area contributed by atoms with Crippen molar-refractivity contribution in [2.24, 2.45) is 0 Å². The molecule has 0 aliphatic heterocycles. The van der Waals surface area contributed by atoms with Crippen LogP contribution in [0.15, 0.2) is 59.0 Å². The van der Waals surface area contributed by atoms with E-state index in [9.17, 15) is 4.79 Å². The van der Waals surface area contributed by atoms with Crippen molar-refractivity contribution in [1.82, 2.24) is 4.98 Å². The Bertz CT molecular complexity index is 1260. The van der Waals surface area contributed by atoms with Gasteiger partial charge in [0.15, 0.2) is 12.2 Å². The summed E-state index contributed by atoms with van der Waals surface area (Å²) in [4.78, 5) is 16.7. The Morgan fingerprint density at radius 1 is 0.933 bits per heavy atom. The molecule has 0 aliphatic carbocycles. The van der Waals surface area contributed by atoms with E-state index in [1.165, 1.54) is 12.1 Å². The van der Waals surface area contributed by atoms with Gasteiger partial charge in [0.25, 0.3) is 5.91 Å². The molecule has 0 unspecified atom stereocenters. The van der Waals surface area contributed by atoms with Crippen LogP contribution in [-0.4, -0.2) is 17.5 Å². The summed E-state index contributed by atoms with van der Waals surface area (Å²) in [5.41, 5.74) is 2.38. The minimum absolute atomic E-state index is 0.258. The van der Waals surface area contributed by atoms with E-state index in [2.05, 4.69) is 10.3 Å². The molecule has 0 spiro atoms. The van der Waals surface area contributed by atoms with Crippen LogP contribution < -0.4 is 10.1 Å². The molecule has 4 rings (SSSR count). The third kappa shape index (κ3) is 4.50. The number of benzene rings is 3. The van der Waals surface area contributed by atoms with Gasteiger partial charge >= 0.3 is 0 Å². The highest BCUT2D eigenvalue weighted by molar-refractivity contribution is 6.43. The molecule has 0 saturated carbocycles. The second kappa shape index (κ2) is 8.74. The van der Waals surface area contributed by atoms with Crippen LogP contribution in [-0.2, 0) is 4.79 Å². The Kier molecular flexibility index (Phi) is 6.06. The standard InChI is InChI=1S/C21H12Cl4N2O3/c22-13-4-2-1-3-12(13)21-27-17-7-11(5-6-18(17)30-21)26-20(28)10-29-19-9-15(24)14(23)8-16(19)25/h1-9H,10H2,(H,26,28). The van der Waals surface area contributed by atoms with E-state index >= 15 is 0 Å². The average molecular weight is 482 g/mol. The van der Waals surface area contributed by atoms with Crippen molar-refractivity contribution in [3.05, 3.63) is 74.7 Å². The number of ether oxygens (including phenoxy) is 1. The second-order valence-corrected chi connectivity index (χ2v) is 7.84. The smallest absolute Gasteiger partial charge is 0.262 e. The van der Waals surface area contributed by atoms with Crippen LogP contribution in [0.4, 0.5) is 5.69 Å². The van der Waals surface area contributed by atoms with Gasteiger partial charge in [-0.15, -0.1) is 0 Å². The lowest BCUT2D eigenvalue weighted by Gasteiger charge is -2.09. The van der Waals surface area contributed by atoms with Gasteiger partial charge in [0.1, 0.15) is 11.3 Å². The normalized spacial score (nSPS) is 10.9. The van der Waals surface area contributed by atoms with E-state index in [1.807, 2.05) is 18.2 Å². The molecule has 4 aromatic rings. The molecule has 1 heterocycles. The number of nitrogens with one attached hydrogen (secondary N) is 1. The van der Waals surface area contributed by atoms with Gasteiger partial charge in [0, 0.05) is 11.8 Å². The van der Waals surface area contributed by atoms with E-state index < -0.39 is 0 Å². The van der Waals surface area contributed by atoms with Gasteiger partial charge in [-0.05, 0) is 36.4 Å². The number of amides is 1.